The lowest BCUT2D eigenvalue weighted by Gasteiger charge is -2.10. The number of carbonyl (C=O) groups is 1. The molecule has 1 amide bonds. The Kier molecular flexibility index (Phi) is 4.49. The van der Waals surface area contributed by atoms with Crippen molar-refractivity contribution in [2.75, 3.05) is 18.4 Å². The van der Waals surface area contributed by atoms with E-state index < -0.39 is 0 Å². The molecule has 2 aromatic heterocycles. The van der Waals surface area contributed by atoms with Crippen molar-refractivity contribution in [2.24, 2.45) is 0 Å². The number of hydrogen-bond acceptors (Lipinski definition) is 4. The zero-order chi connectivity index (χ0) is 13.5. The van der Waals surface area contributed by atoms with Gasteiger partial charge in [-0.2, -0.15) is 0 Å². The van der Waals surface area contributed by atoms with Gasteiger partial charge >= 0.3 is 0 Å². The average Bonchev–Trinajstić information content (AvgIpc) is 2.93. The average molecular weight is 259 g/mol. The number of anilines is 1. The van der Waals surface area contributed by atoms with Gasteiger partial charge in [-0.3, -0.25) is 4.79 Å². The number of aromatic nitrogens is 3. The summed E-state index contributed by atoms with van der Waals surface area (Å²) in [6, 6.07) is 3.52. The Bertz CT molecular complexity index is 524. The van der Waals surface area contributed by atoms with Gasteiger partial charge in [-0.05, 0) is 19.1 Å². The van der Waals surface area contributed by atoms with Crippen molar-refractivity contribution in [3.63, 3.8) is 0 Å². The number of carbonyl (C=O) groups excluding carboxylic acids is 1. The number of nitrogens with one attached hydrogen (secondary N) is 2. The zero-order valence-electron chi connectivity index (χ0n) is 10.8. The minimum Gasteiger partial charge on any atom is -0.370 e. The molecule has 0 aliphatic heterocycles. The quantitative estimate of drug-likeness (QED) is 0.816. The minimum atomic E-state index is -0.121. The van der Waals surface area contributed by atoms with Crippen molar-refractivity contribution in [1.82, 2.24) is 19.9 Å². The molecule has 6 heteroatoms. The molecule has 2 heterocycles. The Morgan fingerprint density at radius 3 is 3.05 bits per heavy atom. The first kappa shape index (κ1) is 13.1. The van der Waals surface area contributed by atoms with Crippen LogP contribution in [0, 0.1) is 0 Å². The molecule has 0 unspecified atom stereocenters. The molecule has 0 bridgehead atoms. The fraction of sp³-hybridized carbons (Fsp3) is 0.308. The fourth-order valence-corrected chi connectivity index (χ4v) is 1.71. The van der Waals surface area contributed by atoms with Gasteiger partial charge in [0, 0.05) is 38.2 Å². The largest absolute Gasteiger partial charge is 0.370 e. The van der Waals surface area contributed by atoms with Crippen LogP contribution in [0.5, 0.6) is 0 Å². The third-order valence-electron chi connectivity index (χ3n) is 2.61. The molecule has 0 aromatic carbocycles. The summed E-state index contributed by atoms with van der Waals surface area (Å²) in [5.74, 6) is 0.495. The summed E-state index contributed by atoms with van der Waals surface area (Å²) in [5.41, 5.74) is 0.565. The smallest absolute Gasteiger partial charge is 0.255 e. The van der Waals surface area contributed by atoms with Crippen LogP contribution in [0.2, 0.25) is 0 Å². The van der Waals surface area contributed by atoms with Gasteiger partial charge in [0.05, 0.1) is 11.9 Å². The van der Waals surface area contributed by atoms with Crippen LogP contribution in [-0.4, -0.2) is 33.5 Å². The molecule has 0 fully saturated rings. The molecule has 0 aliphatic rings. The number of hydrogen-bond donors (Lipinski definition) is 2. The van der Waals surface area contributed by atoms with Crippen LogP contribution < -0.4 is 10.6 Å². The summed E-state index contributed by atoms with van der Waals surface area (Å²) >= 11 is 0. The first-order valence-electron chi connectivity index (χ1n) is 6.24. The maximum absolute atomic E-state index is 12.1. The van der Waals surface area contributed by atoms with Crippen molar-refractivity contribution in [3.05, 3.63) is 42.6 Å². The van der Waals surface area contributed by atoms with Crippen molar-refractivity contribution in [1.29, 1.82) is 0 Å². The van der Waals surface area contributed by atoms with Gasteiger partial charge in [0.15, 0.2) is 0 Å². The van der Waals surface area contributed by atoms with E-state index in [0.29, 0.717) is 24.5 Å². The van der Waals surface area contributed by atoms with Crippen molar-refractivity contribution < 1.29 is 4.79 Å². The number of amides is 1. The highest BCUT2D eigenvalue weighted by molar-refractivity contribution is 5.98. The lowest BCUT2D eigenvalue weighted by molar-refractivity contribution is 0.0953. The fourth-order valence-electron chi connectivity index (χ4n) is 1.71. The highest BCUT2D eigenvalue weighted by Crippen LogP contribution is 2.10. The second kappa shape index (κ2) is 6.53. The van der Waals surface area contributed by atoms with Crippen molar-refractivity contribution in [3.8, 4) is 0 Å². The Morgan fingerprint density at radius 2 is 2.32 bits per heavy atom. The second-order valence-corrected chi connectivity index (χ2v) is 3.99. The van der Waals surface area contributed by atoms with E-state index in [0.717, 1.165) is 6.54 Å². The van der Waals surface area contributed by atoms with Gasteiger partial charge in [-0.1, -0.05) is 0 Å². The SMILES string of the molecule is CCNc1ncccc1C(=O)NCCn1ccnc1. The first-order chi connectivity index (χ1) is 9.31. The van der Waals surface area contributed by atoms with Gasteiger partial charge in [-0.25, -0.2) is 9.97 Å². The third kappa shape index (κ3) is 3.54. The molecule has 0 radical (unpaired) electrons. The molecule has 2 aromatic rings. The lowest BCUT2D eigenvalue weighted by Crippen LogP contribution is -2.28. The summed E-state index contributed by atoms with van der Waals surface area (Å²) in [4.78, 5) is 20.2. The highest BCUT2D eigenvalue weighted by atomic mass is 16.1. The summed E-state index contributed by atoms with van der Waals surface area (Å²) in [6.07, 6.45) is 6.97. The van der Waals surface area contributed by atoms with Crippen LogP contribution in [0.15, 0.2) is 37.1 Å². The standard InChI is InChI=1S/C13H17N5O/c1-2-15-12-11(4-3-5-16-12)13(19)17-7-9-18-8-6-14-10-18/h3-6,8,10H,2,7,9H2,1H3,(H,15,16)(H,17,19). The summed E-state index contributed by atoms with van der Waals surface area (Å²) in [6.45, 7) is 3.94. The van der Waals surface area contributed by atoms with Gasteiger partial charge in [0.25, 0.3) is 5.91 Å². The molecule has 6 nitrogen and oxygen atoms in total. The maximum atomic E-state index is 12.1. The van der Waals surface area contributed by atoms with Gasteiger partial charge in [0.2, 0.25) is 0 Å². The van der Waals surface area contributed by atoms with E-state index in [1.165, 1.54) is 0 Å². The van der Waals surface area contributed by atoms with Crippen LogP contribution in [0.25, 0.3) is 0 Å². The number of pyridine rings is 1. The van der Waals surface area contributed by atoms with Crippen LogP contribution in [0.1, 0.15) is 17.3 Å². The Labute approximate surface area is 111 Å². The van der Waals surface area contributed by atoms with Crippen molar-refractivity contribution in [2.45, 2.75) is 13.5 Å². The van der Waals surface area contributed by atoms with E-state index in [-0.39, 0.29) is 5.91 Å². The minimum absolute atomic E-state index is 0.121. The lowest BCUT2D eigenvalue weighted by atomic mass is 10.2. The molecule has 0 saturated heterocycles. The summed E-state index contributed by atoms with van der Waals surface area (Å²) in [5, 5.41) is 5.94. The van der Waals surface area contributed by atoms with E-state index in [2.05, 4.69) is 20.6 Å². The molecule has 2 rings (SSSR count). The van der Waals surface area contributed by atoms with E-state index >= 15 is 0 Å². The topological polar surface area (TPSA) is 71.8 Å². The summed E-state index contributed by atoms with van der Waals surface area (Å²) in [7, 11) is 0. The molecular weight excluding hydrogens is 242 g/mol. The number of imidazole rings is 1. The molecule has 0 aliphatic carbocycles. The zero-order valence-corrected chi connectivity index (χ0v) is 10.8. The van der Waals surface area contributed by atoms with Crippen LogP contribution >= 0.6 is 0 Å². The number of nitrogens with zero attached hydrogens (tertiary/aromatic N) is 3. The Morgan fingerprint density at radius 1 is 1.42 bits per heavy atom. The maximum Gasteiger partial charge on any atom is 0.255 e. The predicted molar refractivity (Wildman–Crippen MR) is 73.0 cm³/mol. The molecule has 19 heavy (non-hydrogen) atoms. The van der Waals surface area contributed by atoms with E-state index in [9.17, 15) is 4.79 Å². The normalized spacial score (nSPS) is 10.2. The van der Waals surface area contributed by atoms with E-state index in [4.69, 9.17) is 0 Å². The van der Waals surface area contributed by atoms with Crippen molar-refractivity contribution >= 4 is 11.7 Å². The van der Waals surface area contributed by atoms with Crippen LogP contribution in [-0.2, 0) is 6.54 Å². The summed E-state index contributed by atoms with van der Waals surface area (Å²) < 4.78 is 1.91. The Hall–Kier alpha value is -2.37. The van der Waals surface area contributed by atoms with Gasteiger partial charge < -0.3 is 15.2 Å². The predicted octanol–water partition coefficient (Wildman–Crippen LogP) is 1.14. The molecule has 0 atom stereocenters. The highest BCUT2D eigenvalue weighted by Gasteiger charge is 2.10. The number of rotatable bonds is 6. The van der Waals surface area contributed by atoms with Gasteiger partial charge in [0.1, 0.15) is 5.82 Å². The molecule has 2 N–H and O–H groups in total. The van der Waals surface area contributed by atoms with Crippen LogP contribution in [0.3, 0.4) is 0 Å². The molecule has 0 spiro atoms. The molecule has 0 saturated carbocycles. The van der Waals surface area contributed by atoms with E-state index in [1.54, 1.807) is 30.9 Å². The third-order valence-corrected chi connectivity index (χ3v) is 2.61. The molecular formula is C13H17N5O. The first-order valence-corrected chi connectivity index (χ1v) is 6.24. The monoisotopic (exact) mass is 259 g/mol. The van der Waals surface area contributed by atoms with Gasteiger partial charge in [-0.15, -0.1) is 0 Å². The molecule has 100 valence electrons. The second-order valence-electron chi connectivity index (χ2n) is 3.99. The van der Waals surface area contributed by atoms with Crippen LogP contribution in [0.4, 0.5) is 5.82 Å². The van der Waals surface area contributed by atoms with E-state index in [1.807, 2.05) is 17.7 Å². The Balaban J connectivity index is 1.92.